The molecule has 1 heterocycles. The molecule has 0 atom stereocenters. The molecule has 0 fully saturated rings. The Balaban J connectivity index is 2.15. The normalized spacial score (nSPS) is 10.2. The number of carbonyl (C=O) groups excluding carboxylic acids is 1. The lowest BCUT2D eigenvalue weighted by atomic mass is 10.1. The highest BCUT2D eigenvalue weighted by atomic mass is 16.5. The summed E-state index contributed by atoms with van der Waals surface area (Å²) in [6.45, 7) is 6.72. The van der Waals surface area contributed by atoms with Crippen LogP contribution >= 0.6 is 0 Å². The smallest absolute Gasteiger partial charge is 0.202 e. The molecular weight excluding hydrogens is 292 g/mol. The number of benzene rings is 1. The number of aromatic nitrogens is 1. The highest BCUT2D eigenvalue weighted by Gasteiger charge is 2.16. The summed E-state index contributed by atoms with van der Waals surface area (Å²) in [4.78, 5) is 12.4. The zero-order valence-corrected chi connectivity index (χ0v) is 13.8. The Morgan fingerprint density at radius 3 is 2.57 bits per heavy atom. The van der Waals surface area contributed by atoms with Crippen molar-refractivity contribution in [3.63, 3.8) is 0 Å². The zero-order chi connectivity index (χ0) is 17.0. The molecule has 0 saturated carbocycles. The lowest BCUT2D eigenvalue weighted by Crippen LogP contribution is -2.13. The Morgan fingerprint density at radius 2 is 2.00 bits per heavy atom. The van der Waals surface area contributed by atoms with Gasteiger partial charge in [0.2, 0.25) is 5.78 Å². The number of ether oxygens (including phenoxy) is 2. The Kier molecular flexibility index (Phi) is 5.07. The standard InChI is InChI=1S/C18H20N2O3/c1-5-20-12(2)8-15(13(20)3)16(21)11-23-17-7-6-14(10-19)9-18(17)22-4/h6-9H,5,11H2,1-4H3. The highest BCUT2D eigenvalue weighted by Crippen LogP contribution is 2.28. The van der Waals surface area contributed by atoms with Crippen LogP contribution in [0.5, 0.6) is 11.5 Å². The van der Waals surface area contributed by atoms with Gasteiger partial charge in [-0.25, -0.2) is 0 Å². The first-order valence-corrected chi connectivity index (χ1v) is 7.42. The van der Waals surface area contributed by atoms with Crippen LogP contribution in [0.1, 0.15) is 34.2 Å². The molecule has 23 heavy (non-hydrogen) atoms. The summed E-state index contributed by atoms with van der Waals surface area (Å²) in [5, 5.41) is 8.89. The number of hydrogen-bond donors (Lipinski definition) is 0. The second kappa shape index (κ2) is 7.01. The lowest BCUT2D eigenvalue weighted by Gasteiger charge is -2.10. The highest BCUT2D eigenvalue weighted by molar-refractivity contribution is 5.98. The van der Waals surface area contributed by atoms with Crippen LogP contribution in [0.4, 0.5) is 0 Å². The number of hydrogen-bond acceptors (Lipinski definition) is 4. The summed E-state index contributed by atoms with van der Waals surface area (Å²) in [5.41, 5.74) is 3.17. The SMILES string of the molecule is CCn1c(C)cc(C(=O)COc2ccc(C#N)cc2OC)c1C. The van der Waals surface area contributed by atoms with Crippen LogP contribution in [0.2, 0.25) is 0 Å². The minimum absolute atomic E-state index is 0.0731. The van der Waals surface area contributed by atoms with E-state index in [9.17, 15) is 4.79 Å². The number of nitrogens with zero attached hydrogens (tertiary/aromatic N) is 2. The van der Waals surface area contributed by atoms with Crippen molar-refractivity contribution in [2.75, 3.05) is 13.7 Å². The quantitative estimate of drug-likeness (QED) is 0.768. The van der Waals surface area contributed by atoms with Crippen molar-refractivity contribution in [1.29, 1.82) is 5.26 Å². The zero-order valence-electron chi connectivity index (χ0n) is 13.8. The Morgan fingerprint density at radius 1 is 1.26 bits per heavy atom. The molecule has 0 aliphatic carbocycles. The van der Waals surface area contributed by atoms with Crippen molar-refractivity contribution < 1.29 is 14.3 Å². The van der Waals surface area contributed by atoms with Gasteiger partial charge in [-0.2, -0.15) is 5.26 Å². The third-order valence-electron chi connectivity index (χ3n) is 3.84. The first kappa shape index (κ1) is 16.6. The number of rotatable bonds is 6. The van der Waals surface area contributed by atoms with Crippen molar-refractivity contribution in [2.45, 2.75) is 27.3 Å². The van der Waals surface area contributed by atoms with Gasteiger partial charge in [-0.15, -0.1) is 0 Å². The monoisotopic (exact) mass is 312 g/mol. The summed E-state index contributed by atoms with van der Waals surface area (Å²) in [6, 6.07) is 8.78. The predicted molar refractivity (Wildman–Crippen MR) is 87.1 cm³/mol. The average Bonchev–Trinajstić information content (AvgIpc) is 2.86. The van der Waals surface area contributed by atoms with Crippen LogP contribution in [-0.4, -0.2) is 24.1 Å². The molecule has 5 heteroatoms. The van der Waals surface area contributed by atoms with Crippen LogP contribution in [0.3, 0.4) is 0 Å². The number of carbonyl (C=O) groups is 1. The van der Waals surface area contributed by atoms with E-state index in [2.05, 4.69) is 4.57 Å². The third-order valence-corrected chi connectivity index (χ3v) is 3.84. The second-order valence-electron chi connectivity index (χ2n) is 5.22. The van der Waals surface area contributed by atoms with E-state index in [4.69, 9.17) is 14.7 Å². The molecule has 0 aliphatic rings. The van der Waals surface area contributed by atoms with E-state index in [1.165, 1.54) is 7.11 Å². The summed E-state index contributed by atoms with van der Waals surface area (Å²) < 4.78 is 12.9. The van der Waals surface area contributed by atoms with Crippen molar-refractivity contribution in [3.8, 4) is 17.6 Å². The van der Waals surface area contributed by atoms with E-state index < -0.39 is 0 Å². The summed E-state index contributed by atoms with van der Waals surface area (Å²) in [7, 11) is 1.50. The second-order valence-corrected chi connectivity index (χ2v) is 5.22. The molecule has 0 aliphatic heterocycles. The van der Waals surface area contributed by atoms with Crippen molar-refractivity contribution in [3.05, 3.63) is 46.8 Å². The van der Waals surface area contributed by atoms with Crippen LogP contribution in [0, 0.1) is 25.2 Å². The first-order valence-electron chi connectivity index (χ1n) is 7.42. The summed E-state index contributed by atoms with van der Waals surface area (Å²) in [5.74, 6) is 0.809. The van der Waals surface area contributed by atoms with Crippen LogP contribution in [-0.2, 0) is 6.54 Å². The van der Waals surface area contributed by atoms with Gasteiger partial charge in [0.05, 0.1) is 18.7 Å². The maximum absolute atomic E-state index is 12.4. The molecule has 0 bridgehead atoms. The molecule has 0 spiro atoms. The predicted octanol–water partition coefficient (Wildman–Crippen LogP) is 3.27. The Hall–Kier alpha value is -2.74. The van der Waals surface area contributed by atoms with Crippen LogP contribution < -0.4 is 9.47 Å². The van der Waals surface area contributed by atoms with Crippen LogP contribution in [0.25, 0.3) is 0 Å². The number of Topliss-reactive ketones (excluding diaryl/α,β-unsaturated/α-hetero) is 1. The van der Waals surface area contributed by atoms with Gasteiger partial charge in [0.25, 0.3) is 0 Å². The van der Waals surface area contributed by atoms with Gasteiger partial charge in [-0.05, 0) is 39.0 Å². The van der Waals surface area contributed by atoms with Gasteiger partial charge < -0.3 is 14.0 Å². The fourth-order valence-corrected chi connectivity index (χ4v) is 2.65. The van der Waals surface area contributed by atoms with E-state index in [-0.39, 0.29) is 12.4 Å². The van der Waals surface area contributed by atoms with Gasteiger partial charge in [-0.3, -0.25) is 4.79 Å². The van der Waals surface area contributed by atoms with E-state index in [0.717, 1.165) is 17.9 Å². The van der Waals surface area contributed by atoms with E-state index in [1.807, 2.05) is 32.9 Å². The minimum Gasteiger partial charge on any atom is -0.493 e. The topological polar surface area (TPSA) is 64.2 Å². The van der Waals surface area contributed by atoms with E-state index >= 15 is 0 Å². The number of nitriles is 1. The Bertz CT molecular complexity index is 769. The molecule has 1 aromatic heterocycles. The molecular formula is C18H20N2O3. The van der Waals surface area contributed by atoms with Gasteiger partial charge in [0, 0.05) is 29.6 Å². The number of ketones is 1. The van der Waals surface area contributed by atoms with Gasteiger partial charge in [0.15, 0.2) is 18.1 Å². The van der Waals surface area contributed by atoms with Crippen molar-refractivity contribution >= 4 is 5.78 Å². The van der Waals surface area contributed by atoms with Crippen LogP contribution in [0.15, 0.2) is 24.3 Å². The molecule has 0 saturated heterocycles. The third kappa shape index (κ3) is 3.37. The number of methoxy groups -OCH3 is 1. The minimum atomic E-state index is -0.0794. The molecule has 2 aromatic rings. The largest absolute Gasteiger partial charge is 0.493 e. The van der Waals surface area contributed by atoms with E-state index in [0.29, 0.717) is 22.6 Å². The summed E-state index contributed by atoms with van der Waals surface area (Å²) >= 11 is 0. The molecule has 0 N–H and O–H groups in total. The maximum atomic E-state index is 12.4. The molecule has 0 unspecified atom stereocenters. The van der Waals surface area contributed by atoms with E-state index in [1.54, 1.807) is 18.2 Å². The molecule has 5 nitrogen and oxygen atoms in total. The Labute approximate surface area is 136 Å². The van der Waals surface area contributed by atoms with Gasteiger partial charge in [-0.1, -0.05) is 0 Å². The maximum Gasteiger partial charge on any atom is 0.202 e. The van der Waals surface area contributed by atoms with Gasteiger partial charge >= 0.3 is 0 Å². The molecule has 2 rings (SSSR count). The molecule has 0 radical (unpaired) electrons. The fourth-order valence-electron chi connectivity index (χ4n) is 2.65. The number of aryl methyl sites for hydroxylation is 1. The van der Waals surface area contributed by atoms with Crippen molar-refractivity contribution in [1.82, 2.24) is 4.57 Å². The lowest BCUT2D eigenvalue weighted by molar-refractivity contribution is 0.0918. The fraction of sp³-hybridized carbons (Fsp3) is 0.333. The van der Waals surface area contributed by atoms with Crippen molar-refractivity contribution in [2.24, 2.45) is 0 Å². The average molecular weight is 312 g/mol. The summed E-state index contributed by atoms with van der Waals surface area (Å²) in [6.07, 6.45) is 0. The first-order chi connectivity index (χ1) is 11.0. The molecule has 0 amide bonds. The van der Waals surface area contributed by atoms with Gasteiger partial charge in [0.1, 0.15) is 0 Å². The molecule has 1 aromatic carbocycles. The molecule has 120 valence electrons.